The van der Waals surface area contributed by atoms with Gasteiger partial charge in [-0.3, -0.25) is 9.69 Å². The molecule has 2 aliphatic rings. The van der Waals surface area contributed by atoms with E-state index < -0.39 is 0 Å². The first kappa shape index (κ1) is 20.0. The summed E-state index contributed by atoms with van der Waals surface area (Å²) in [6.07, 6.45) is 3.56. The molecule has 0 saturated heterocycles. The van der Waals surface area contributed by atoms with Crippen molar-refractivity contribution in [2.24, 2.45) is 5.92 Å². The van der Waals surface area contributed by atoms with Crippen molar-refractivity contribution in [3.05, 3.63) is 47.0 Å². The normalized spacial score (nSPS) is 17.6. The van der Waals surface area contributed by atoms with Gasteiger partial charge in [0.15, 0.2) is 11.5 Å². The molecule has 154 valence electrons. The summed E-state index contributed by atoms with van der Waals surface area (Å²) >= 11 is 0. The van der Waals surface area contributed by atoms with Crippen molar-refractivity contribution >= 4 is 5.97 Å². The van der Waals surface area contributed by atoms with Crippen LogP contribution >= 0.6 is 0 Å². The zero-order valence-electron chi connectivity index (χ0n) is 18.0. The summed E-state index contributed by atoms with van der Waals surface area (Å²) in [4.78, 5) is 15.2. The van der Waals surface area contributed by atoms with Crippen LogP contribution in [0.15, 0.2) is 30.3 Å². The topological polar surface area (TPSA) is 38.8 Å². The van der Waals surface area contributed by atoms with Crippen LogP contribution in [0.5, 0.6) is 11.5 Å². The quantitative estimate of drug-likeness (QED) is 0.501. The maximum Gasteiger partial charge on any atom is 0.311 e. The standard InChI is InChI=1S/C25H31NO3/c1-5-12-26-13-11-17-7-6-8-19-23(17)20(26)15-18-9-10-21(28-4)25(24(18)19)29-22(27)14-16(2)3/h6-10,16,20H,5,11-15H2,1-4H3/t20-/m1/s1. The van der Waals surface area contributed by atoms with Crippen LogP contribution in [0.3, 0.4) is 0 Å². The molecule has 0 saturated carbocycles. The highest BCUT2D eigenvalue weighted by atomic mass is 16.6. The Hall–Kier alpha value is -2.33. The molecule has 0 fully saturated rings. The Morgan fingerprint density at radius 1 is 1.21 bits per heavy atom. The van der Waals surface area contributed by atoms with Gasteiger partial charge in [-0.15, -0.1) is 0 Å². The van der Waals surface area contributed by atoms with Crippen LogP contribution in [-0.2, 0) is 17.6 Å². The Labute approximate surface area is 173 Å². The second kappa shape index (κ2) is 8.19. The number of rotatable bonds is 6. The second-order valence-electron chi connectivity index (χ2n) is 8.59. The highest BCUT2D eigenvalue weighted by Gasteiger charge is 2.36. The number of carbonyl (C=O) groups excluding carboxylic acids is 1. The number of nitrogens with zero attached hydrogens (tertiary/aromatic N) is 1. The van der Waals surface area contributed by atoms with Crippen molar-refractivity contribution in [2.45, 2.75) is 52.5 Å². The number of ether oxygens (including phenoxy) is 2. The van der Waals surface area contributed by atoms with Gasteiger partial charge < -0.3 is 9.47 Å². The Kier molecular flexibility index (Phi) is 5.64. The molecule has 0 N–H and O–H groups in total. The zero-order valence-corrected chi connectivity index (χ0v) is 18.0. The number of hydrogen-bond donors (Lipinski definition) is 0. The van der Waals surface area contributed by atoms with Crippen LogP contribution in [-0.4, -0.2) is 31.1 Å². The zero-order chi connectivity index (χ0) is 20.5. The molecule has 0 radical (unpaired) electrons. The van der Waals surface area contributed by atoms with E-state index in [1.165, 1.54) is 22.3 Å². The third-order valence-corrected chi connectivity index (χ3v) is 6.05. The van der Waals surface area contributed by atoms with Crippen molar-refractivity contribution in [3.8, 4) is 22.6 Å². The van der Waals surface area contributed by atoms with Crippen LogP contribution in [0, 0.1) is 5.92 Å². The van der Waals surface area contributed by atoms with Gasteiger partial charge in [-0.25, -0.2) is 0 Å². The SMILES string of the molecule is CCCN1CCc2cccc3c2[C@H]1Cc1ccc(OC)c(OC(=O)CC(C)C)c1-3. The summed E-state index contributed by atoms with van der Waals surface area (Å²) in [6, 6.07) is 11.1. The van der Waals surface area contributed by atoms with E-state index in [4.69, 9.17) is 9.47 Å². The minimum atomic E-state index is -0.203. The summed E-state index contributed by atoms with van der Waals surface area (Å²) in [6.45, 7) is 8.52. The number of esters is 1. The van der Waals surface area contributed by atoms with Gasteiger partial charge in [0.25, 0.3) is 0 Å². The Bertz CT molecular complexity index is 919. The lowest BCUT2D eigenvalue weighted by Gasteiger charge is -2.42. The van der Waals surface area contributed by atoms with E-state index in [1.807, 2.05) is 19.9 Å². The third-order valence-electron chi connectivity index (χ3n) is 6.05. The molecule has 0 spiro atoms. The number of carbonyl (C=O) groups is 1. The second-order valence-corrected chi connectivity index (χ2v) is 8.59. The highest BCUT2D eigenvalue weighted by Crippen LogP contribution is 2.51. The molecule has 1 aliphatic carbocycles. The first-order chi connectivity index (χ1) is 14.0. The Morgan fingerprint density at radius 3 is 2.76 bits per heavy atom. The van der Waals surface area contributed by atoms with Gasteiger partial charge in [-0.1, -0.05) is 45.0 Å². The summed E-state index contributed by atoms with van der Waals surface area (Å²) in [5.41, 5.74) is 6.30. The molecule has 1 heterocycles. The fourth-order valence-corrected chi connectivity index (χ4v) is 4.86. The average molecular weight is 394 g/mol. The maximum absolute atomic E-state index is 12.5. The fourth-order valence-electron chi connectivity index (χ4n) is 4.86. The van der Waals surface area contributed by atoms with Gasteiger partial charge in [-0.05, 0) is 60.0 Å². The monoisotopic (exact) mass is 393 g/mol. The van der Waals surface area contributed by atoms with Gasteiger partial charge in [-0.2, -0.15) is 0 Å². The van der Waals surface area contributed by atoms with Gasteiger partial charge in [0.05, 0.1) is 7.11 Å². The van der Waals surface area contributed by atoms with Crippen molar-refractivity contribution < 1.29 is 14.3 Å². The molecule has 4 nitrogen and oxygen atoms in total. The Balaban J connectivity index is 1.85. The van der Waals surface area contributed by atoms with E-state index in [0.717, 1.165) is 37.9 Å². The lowest BCUT2D eigenvalue weighted by Crippen LogP contribution is -2.38. The lowest BCUT2D eigenvalue weighted by molar-refractivity contribution is -0.135. The van der Waals surface area contributed by atoms with E-state index in [1.54, 1.807) is 7.11 Å². The molecule has 0 unspecified atom stereocenters. The predicted molar refractivity (Wildman–Crippen MR) is 116 cm³/mol. The maximum atomic E-state index is 12.5. The summed E-state index contributed by atoms with van der Waals surface area (Å²) in [7, 11) is 1.64. The third kappa shape index (κ3) is 3.66. The molecule has 29 heavy (non-hydrogen) atoms. The molecule has 2 aromatic rings. The summed E-state index contributed by atoms with van der Waals surface area (Å²) < 4.78 is 11.5. The summed E-state index contributed by atoms with van der Waals surface area (Å²) in [5.74, 6) is 1.25. The number of methoxy groups -OCH3 is 1. The van der Waals surface area contributed by atoms with Gasteiger partial charge >= 0.3 is 5.97 Å². The van der Waals surface area contributed by atoms with E-state index in [9.17, 15) is 4.79 Å². The van der Waals surface area contributed by atoms with Crippen LogP contribution in [0.4, 0.5) is 0 Å². The van der Waals surface area contributed by atoms with E-state index in [2.05, 4.69) is 36.1 Å². The molecular formula is C25H31NO3. The van der Waals surface area contributed by atoms with Crippen LogP contribution in [0.2, 0.25) is 0 Å². The summed E-state index contributed by atoms with van der Waals surface area (Å²) in [5, 5.41) is 0. The van der Waals surface area contributed by atoms with Crippen LogP contribution < -0.4 is 9.47 Å². The van der Waals surface area contributed by atoms with E-state index in [-0.39, 0.29) is 11.9 Å². The molecule has 4 rings (SSSR count). The first-order valence-corrected chi connectivity index (χ1v) is 10.8. The number of fused-ring (bicyclic) bond motifs is 2. The van der Waals surface area contributed by atoms with Gasteiger partial charge in [0.2, 0.25) is 0 Å². The molecule has 0 bridgehead atoms. The smallest absolute Gasteiger partial charge is 0.311 e. The number of benzene rings is 2. The minimum Gasteiger partial charge on any atom is -0.493 e. The Morgan fingerprint density at radius 2 is 2.03 bits per heavy atom. The predicted octanol–water partition coefficient (Wildman–Crippen LogP) is 5.18. The van der Waals surface area contributed by atoms with Crippen molar-refractivity contribution in [1.82, 2.24) is 4.90 Å². The molecule has 0 amide bonds. The first-order valence-electron chi connectivity index (χ1n) is 10.8. The molecule has 4 heteroatoms. The molecular weight excluding hydrogens is 362 g/mol. The van der Waals surface area contributed by atoms with Crippen molar-refractivity contribution in [1.29, 1.82) is 0 Å². The van der Waals surface area contributed by atoms with Gasteiger partial charge in [0.1, 0.15) is 0 Å². The van der Waals surface area contributed by atoms with Crippen LogP contribution in [0.1, 0.15) is 56.3 Å². The van der Waals surface area contributed by atoms with Gasteiger partial charge in [0, 0.05) is 24.6 Å². The lowest BCUT2D eigenvalue weighted by atomic mass is 9.76. The van der Waals surface area contributed by atoms with Crippen molar-refractivity contribution in [2.75, 3.05) is 20.2 Å². The van der Waals surface area contributed by atoms with E-state index >= 15 is 0 Å². The minimum absolute atomic E-state index is 0.203. The molecule has 0 aromatic heterocycles. The van der Waals surface area contributed by atoms with Crippen LogP contribution in [0.25, 0.3) is 11.1 Å². The molecule has 1 atom stereocenters. The largest absolute Gasteiger partial charge is 0.493 e. The average Bonchev–Trinajstić information content (AvgIpc) is 2.69. The fraction of sp³-hybridized carbons (Fsp3) is 0.480. The number of hydrogen-bond acceptors (Lipinski definition) is 4. The van der Waals surface area contributed by atoms with E-state index in [0.29, 0.717) is 24.0 Å². The van der Waals surface area contributed by atoms with Crippen molar-refractivity contribution in [3.63, 3.8) is 0 Å². The molecule has 1 aliphatic heterocycles. The highest BCUT2D eigenvalue weighted by molar-refractivity contribution is 5.86. The molecule has 2 aromatic carbocycles.